The summed E-state index contributed by atoms with van der Waals surface area (Å²) in [7, 11) is 0. The van der Waals surface area contributed by atoms with Crippen LogP contribution in [0.2, 0.25) is 5.02 Å². The lowest BCUT2D eigenvalue weighted by atomic mass is 9.73. The molecular weight excluding hydrogens is 444 g/mol. The van der Waals surface area contributed by atoms with Crippen molar-refractivity contribution in [3.05, 3.63) is 106 Å². The van der Waals surface area contributed by atoms with Gasteiger partial charge in [0.2, 0.25) is 5.91 Å². The molecule has 1 N–H and O–H groups in total. The maximum atomic E-state index is 14.0. The second kappa shape index (κ2) is 8.77. The van der Waals surface area contributed by atoms with Crippen LogP contribution in [0.5, 0.6) is 0 Å². The minimum absolute atomic E-state index is 0.0632. The third-order valence-corrected chi connectivity index (χ3v) is 6.81. The van der Waals surface area contributed by atoms with Gasteiger partial charge in [-0.3, -0.25) is 14.5 Å². The molecular formula is C29H27ClN2O2. The van der Waals surface area contributed by atoms with Crippen molar-refractivity contribution in [3.8, 4) is 0 Å². The number of anilines is 2. The van der Waals surface area contributed by atoms with E-state index in [1.807, 2.05) is 78.9 Å². The van der Waals surface area contributed by atoms with Crippen LogP contribution in [0.25, 0.3) is 0 Å². The van der Waals surface area contributed by atoms with E-state index in [1.54, 1.807) is 4.90 Å². The maximum absolute atomic E-state index is 14.0. The average Bonchev–Trinajstić information content (AvgIpc) is 2.94. The van der Waals surface area contributed by atoms with Gasteiger partial charge in [-0.25, -0.2) is 0 Å². The first-order chi connectivity index (χ1) is 16.3. The highest BCUT2D eigenvalue weighted by atomic mass is 35.5. The first-order valence-electron chi connectivity index (χ1n) is 11.6. The van der Waals surface area contributed by atoms with E-state index in [0.717, 1.165) is 34.6 Å². The van der Waals surface area contributed by atoms with E-state index in [2.05, 4.69) is 19.2 Å². The summed E-state index contributed by atoms with van der Waals surface area (Å²) < 4.78 is 0. The molecule has 172 valence electrons. The van der Waals surface area contributed by atoms with Gasteiger partial charge in [-0.15, -0.1) is 0 Å². The first kappa shape index (κ1) is 22.4. The highest BCUT2D eigenvalue weighted by Crippen LogP contribution is 2.48. The van der Waals surface area contributed by atoms with E-state index in [4.69, 9.17) is 11.6 Å². The van der Waals surface area contributed by atoms with Crippen LogP contribution in [0, 0.1) is 5.41 Å². The number of hydrogen-bond acceptors (Lipinski definition) is 3. The van der Waals surface area contributed by atoms with Crippen LogP contribution in [0.1, 0.15) is 43.9 Å². The number of para-hydroxylation sites is 2. The number of benzene rings is 3. The molecule has 3 aromatic carbocycles. The minimum atomic E-state index is -0.539. The van der Waals surface area contributed by atoms with Gasteiger partial charge in [0.15, 0.2) is 5.78 Å². The summed E-state index contributed by atoms with van der Waals surface area (Å²) in [6, 6.07) is 24.4. The molecule has 2 aliphatic rings. The summed E-state index contributed by atoms with van der Waals surface area (Å²) in [5.74, 6) is 0.0100. The van der Waals surface area contributed by atoms with E-state index >= 15 is 0 Å². The van der Waals surface area contributed by atoms with Crippen molar-refractivity contribution < 1.29 is 9.59 Å². The molecule has 0 saturated carbocycles. The molecule has 5 rings (SSSR count). The van der Waals surface area contributed by atoms with E-state index < -0.39 is 6.04 Å². The van der Waals surface area contributed by atoms with Gasteiger partial charge in [-0.1, -0.05) is 80.0 Å². The number of nitrogens with zero attached hydrogens (tertiary/aromatic N) is 1. The zero-order valence-corrected chi connectivity index (χ0v) is 20.1. The molecule has 1 aliphatic carbocycles. The number of allylic oxidation sites excluding steroid dienone is 1. The number of nitrogens with one attached hydrogen (secondary N) is 1. The Bertz CT molecular complexity index is 1280. The number of carbonyl (C=O) groups excluding carboxylic acids is 2. The fraction of sp³-hybridized carbons (Fsp3) is 0.241. The number of ketones is 1. The molecule has 5 heteroatoms. The van der Waals surface area contributed by atoms with Crippen LogP contribution in [-0.4, -0.2) is 11.7 Å². The van der Waals surface area contributed by atoms with Gasteiger partial charge in [0.25, 0.3) is 0 Å². The summed E-state index contributed by atoms with van der Waals surface area (Å²) in [4.78, 5) is 29.4. The van der Waals surface area contributed by atoms with Crippen LogP contribution in [0.4, 0.5) is 11.4 Å². The van der Waals surface area contributed by atoms with Crippen molar-refractivity contribution in [1.29, 1.82) is 0 Å². The highest BCUT2D eigenvalue weighted by molar-refractivity contribution is 6.30. The van der Waals surface area contributed by atoms with Crippen molar-refractivity contribution in [1.82, 2.24) is 0 Å². The predicted octanol–water partition coefficient (Wildman–Crippen LogP) is 6.73. The summed E-state index contributed by atoms with van der Waals surface area (Å²) in [5.41, 5.74) is 4.79. The Morgan fingerprint density at radius 1 is 0.971 bits per heavy atom. The van der Waals surface area contributed by atoms with Crippen LogP contribution in [-0.2, 0) is 16.0 Å². The number of carbonyl (C=O) groups is 2. The van der Waals surface area contributed by atoms with Gasteiger partial charge in [0.1, 0.15) is 0 Å². The molecule has 3 aromatic rings. The van der Waals surface area contributed by atoms with Gasteiger partial charge >= 0.3 is 0 Å². The van der Waals surface area contributed by atoms with Gasteiger partial charge < -0.3 is 5.32 Å². The topological polar surface area (TPSA) is 49.4 Å². The lowest BCUT2D eigenvalue weighted by Gasteiger charge is -2.37. The molecule has 0 bridgehead atoms. The Balaban J connectivity index is 1.72. The monoisotopic (exact) mass is 470 g/mol. The molecule has 0 unspecified atom stereocenters. The van der Waals surface area contributed by atoms with Gasteiger partial charge in [0, 0.05) is 22.7 Å². The Hall–Kier alpha value is -3.37. The number of amides is 1. The number of Topliss-reactive ketones (excluding diaryl/α,β-unsaturated/α-hetero) is 1. The van der Waals surface area contributed by atoms with Crippen LogP contribution < -0.4 is 10.2 Å². The third kappa shape index (κ3) is 4.26. The smallest absolute Gasteiger partial charge is 0.232 e. The normalized spacial score (nSPS) is 19.1. The van der Waals surface area contributed by atoms with Crippen molar-refractivity contribution in [2.45, 2.75) is 39.2 Å². The SMILES string of the molecule is CC1(C)CC(=O)C2=C(C1)Nc1ccccc1N(C(=O)Cc1ccccc1)[C@H]2c1ccc(Cl)cc1. The number of fused-ring (bicyclic) bond motifs is 1. The average molecular weight is 471 g/mol. The zero-order valence-electron chi connectivity index (χ0n) is 19.3. The number of hydrogen-bond donors (Lipinski definition) is 1. The molecule has 1 aliphatic heterocycles. The van der Waals surface area contributed by atoms with Crippen molar-refractivity contribution >= 4 is 34.7 Å². The Morgan fingerprint density at radius 2 is 1.65 bits per heavy atom. The molecule has 0 saturated heterocycles. The number of halogens is 1. The number of rotatable bonds is 3. The molecule has 1 amide bonds. The maximum Gasteiger partial charge on any atom is 0.232 e. The van der Waals surface area contributed by atoms with Crippen LogP contribution >= 0.6 is 11.6 Å². The lowest BCUT2D eigenvalue weighted by molar-refractivity contribution is -0.119. The Kier molecular flexibility index (Phi) is 5.78. The fourth-order valence-electron chi connectivity index (χ4n) is 5.08. The molecule has 34 heavy (non-hydrogen) atoms. The fourth-order valence-corrected chi connectivity index (χ4v) is 5.20. The lowest BCUT2D eigenvalue weighted by Crippen LogP contribution is -2.40. The molecule has 0 spiro atoms. The largest absolute Gasteiger partial charge is 0.357 e. The van der Waals surface area contributed by atoms with Crippen LogP contribution in [0.15, 0.2) is 90.1 Å². The van der Waals surface area contributed by atoms with E-state index in [1.165, 1.54) is 0 Å². The summed E-state index contributed by atoms with van der Waals surface area (Å²) in [6.45, 7) is 4.23. The van der Waals surface area contributed by atoms with E-state index in [0.29, 0.717) is 17.0 Å². The quantitative estimate of drug-likeness (QED) is 0.462. The van der Waals surface area contributed by atoms with E-state index in [9.17, 15) is 9.59 Å². The molecule has 0 radical (unpaired) electrons. The van der Waals surface area contributed by atoms with Crippen LogP contribution in [0.3, 0.4) is 0 Å². The van der Waals surface area contributed by atoms with Gasteiger partial charge in [0.05, 0.1) is 23.8 Å². The predicted molar refractivity (Wildman–Crippen MR) is 137 cm³/mol. The highest BCUT2D eigenvalue weighted by Gasteiger charge is 2.43. The molecule has 0 fully saturated rings. The molecule has 0 aromatic heterocycles. The summed E-state index contributed by atoms with van der Waals surface area (Å²) in [6.07, 6.45) is 1.41. The second-order valence-corrected chi connectivity index (χ2v) is 10.3. The van der Waals surface area contributed by atoms with Gasteiger partial charge in [-0.2, -0.15) is 0 Å². The summed E-state index contributed by atoms with van der Waals surface area (Å²) in [5, 5.41) is 4.16. The summed E-state index contributed by atoms with van der Waals surface area (Å²) >= 11 is 6.20. The Labute approximate surface area is 205 Å². The second-order valence-electron chi connectivity index (χ2n) is 9.86. The van der Waals surface area contributed by atoms with Crippen molar-refractivity contribution in [2.75, 3.05) is 10.2 Å². The molecule has 1 heterocycles. The first-order valence-corrected chi connectivity index (χ1v) is 11.9. The van der Waals surface area contributed by atoms with E-state index in [-0.39, 0.29) is 23.5 Å². The minimum Gasteiger partial charge on any atom is -0.357 e. The third-order valence-electron chi connectivity index (χ3n) is 6.55. The molecule has 4 nitrogen and oxygen atoms in total. The van der Waals surface area contributed by atoms with Crippen molar-refractivity contribution in [2.24, 2.45) is 5.41 Å². The standard InChI is InChI=1S/C29H27ClN2O2/c1-29(2)17-23-27(25(33)18-29)28(20-12-14-21(30)15-13-20)32(24-11-7-6-10-22(24)31-23)26(34)16-19-8-4-3-5-9-19/h3-15,28,31H,16-18H2,1-2H3/t28-/m0/s1. The molecule has 1 atom stereocenters. The zero-order chi connectivity index (χ0) is 23.9. The van der Waals surface area contributed by atoms with Gasteiger partial charge in [-0.05, 0) is 47.2 Å². The Morgan fingerprint density at radius 3 is 2.38 bits per heavy atom. The van der Waals surface area contributed by atoms with Crippen molar-refractivity contribution in [3.63, 3.8) is 0 Å².